The summed E-state index contributed by atoms with van der Waals surface area (Å²) in [5.41, 5.74) is 3.76. The molecular formula is C18H16F3N5O2. The summed E-state index contributed by atoms with van der Waals surface area (Å²) < 4.78 is 40.0. The van der Waals surface area contributed by atoms with Crippen LogP contribution >= 0.6 is 0 Å². The maximum absolute atomic E-state index is 13.1. The summed E-state index contributed by atoms with van der Waals surface area (Å²) in [4.78, 5) is 24.4. The maximum Gasteiger partial charge on any atom is 0.435 e. The lowest BCUT2D eigenvalue weighted by Gasteiger charge is -2.15. The van der Waals surface area contributed by atoms with Crippen molar-refractivity contribution in [3.8, 4) is 11.8 Å². The summed E-state index contributed by atoms with van der Waals surface area (Å²) in [7, 11) is 0. The fourth-order valence-corrected chi connectivity index (χ4v) is 2.82. The summed E-state index contributed by atoms with van der Waals surface area (Å²) in [5.74, 6) is -1.33. The van der Waals surface area contributed by atoms with Crippen LogP contribution in [0.1, 0.15) is 50.5 Å². The number of rotatable bonds is 5. The van der Waals surface area contributed by atoms with Crippen LogP contribution in [0.3, 0.4) is 0 Å². The lowest BCUT2D eigenvalue weighted by molar-refractivity contribution is -0.141. The SMILES string of the molecule is Cc1cc(C#N)cc(C(=O)NCC2CC2)c1-n1nc(C(F)(F)F)cc1C(N)=O. The van der Waals surface area contributed by atoms with Crippen LogP contribution in [-0.4, -0.2) is 28.1 Å². The number of carbonyl (C=O) groups excluding carboxylic acids is 2. The molecule has 1 fully saturated rings. The van der Waals surface area contributed by atoms with Crippen molar-refractivity contribution in [1.29, 1.82) is 5.26 Å². The number of hydrogen-bond acceptors (Lipinski definition) is 4. The molecule has 0 atom stereocenters. The number of aryl methyl sites for hydroxylation is 1. The monoisotopic (exact) mass is 391 g/mol. The maximum atomic E-state index is 13.1. The van der Waals surface area contributed by atoms with E-state index in [1.807, 2.05) is 6.07 Å². The van der Waals surface area contributed by atoms with Gasteiger partial charge in [0.05, 0.1) is 22.9 Å². The van der Waals surface area contributed by atoms with E-state index >= 15 is 0 Å². The van der Waals surface area contributed by atoms with Crippen LogP contribution in [0.25, 0.3) is 5.69 Å². The van der Waals surface area contributed by atoms with E-state index in [0.717, 1.165) is 12.8 Å². The number of halogens is 3. The van der Waals surface area contributed by atoms with Gasteiger partial charge in [0.15, 0.2) is 5.69 Å². The topological polar surface area (TPSA) is 114 Å². The van der Waals surface area contributed by atoms with Gasteiger partial charge in [-0.1, -0.05) is 0 Å². The fourth-order valence-electron chi connectivity index (χ4n) is 2.82. The number of nitrogens with two attached hydrogens (primary N) is 1. The molecule has 3 rings (SSSR count). The molecule has 2 amide bonds. The second-order valence-corrected chi connectivity index (χ2v) is 6.64. The molecule has 0 aliphatic heterocycles. The van der Waals surface area contributed by atoms with Crippen LogP contribution in [0.4, 0.5) is 13.2 Å². The molecule has 1 saturated carbocycles. The molecule has 0 spiro atoms. The van der Waals surface area contributed by atoms with Gasteiger partial charge in [-0.3, -0.25) is 9.59 Å². The molecule has 3 N–H and O–H groups in total. The summed E-state index contributed by atoms with van der Waals surface area (Å²) in [6, 6.07) is 5.09. The van der Waals surface area contributed by atoms with Crippen LogP contribution in [-0.2, 0) is 6.18 Å². The number of hydrogen-bond donors (Lipinski definition) is 2. The Balaban J connectivity index is 2.17. The summed E-state index contributed by atoms with van der Waals surface area (Å²) in [6.07, 6.45) is -2.82. The molecule has 0 unspecified atom stereocenters. The Morgan fingerprint density at radius 2 is 2.04 bits per heavy atom. The van der Waals surface area contributed by atoms with Crippen LogP contribution in [0.5, 0.6) is 0 Å². The lowest BCUT2D eigenvalue weighted by Crippen LogP contribution is -2.28. The van der Waals surface area contributed by atoms with Crippen LogP contribution < -0.4 is 11.1 Å². The zero-order chi connectivity index (χ0) is 20.6. The van der Waals surface area contributed by atoms with Crippen LogP contribution in [0.2, 0.25) is 0 Å². The van der Waals surface area contributed by atoms with Gasteiger partial charge in [-0.25, -0.2) is 4.68 Å². The predicted molar refractivity (Wildman–Crippen MR) is 91.6 cm³/mol. The number of carbonyl (C=O) groups is 2. The molecule has 1 heterocycles. The third kappa shape index (κ3) is 3.83. The molecule has 146 valence electrons. The highest BCUT2D eigenvalue weighted by Gasteiger charge is 2.36. The van der Waals surface area contributed by atoms with Gasteiger partial charge >= 0.3 is 6.18 Å². The normalized spacial score (nSPS) is 13.8. The molecule has 10 heteroatoms. The summed E-state index contributed by atoms with van der Waals surface area (Å²) in [5, 5.41) is 15.4. The van der Waals surface area contributed by atoms with E-state index in [1.165, 1.54) is 19.1 Å². The van der Waals surface area contributed by atoms with E-state index < -0.39 is 29.4 Å². The Morgan fingerprint density at radius 1 is 1.36 bits per heavy atom. The van der Waals surface area contributed by atoms with Gasteiger partial charge < -0.3 is 11.1 Å². The van der Waals surface area contributed by atoms with E-state index in [2.05, 4.69) is 10.4 Å². The highest BCUT2D eigenvalue weighted by Crippen LogP contribution is 2.31. The summed E-state index contributed by atoms with van der Waals surface area (Å²) in [6.45, 7) is 1.93. The van der Waals surface area contributed by atoms with E-state index in [-0.39, 0.29) is 16.8 Å². The lowest BCUT2D eigenvalue weighted by atomic mass is 10.0. The van der Waals surface area contributed by atoms with Crippen molar-refractivity contribution in [3.63, 3.8) is 0 Å². The van der Waals surface area contributed by atoms with Crippen molar-refractivity contribution in [2.45, 2.75) is 25.9 Å². The van der Waals surface area contributed by atoms with E-state index in [0.29, 0.717) is 28.8 Å². The van der Waals surface area contributed by atoms with Gasteiger partial charge in [0.1, 0.15) is 5.69 Å². The quantitative estimate of drug-likeness (QED) is 0.814. The van der Waals surface area contributed by atoms with Crippen molar-refractivity contribution >= 4 is 11.8 Å². The van der Waals surface area contributed by atoms with Gasteiger partial charge in [-0.05, 0) is 43.4 Å². The number of benzene rings is 1. The first-order valence-corrected chi connectivity index (χ1v) is 8.42. The smallest absolute Gasteiger partial charge is 0.364 e. The summed E-state index contributed by atoms with van der Waals surface area (Å²) >= 11 is 0. The largest absolute Gasteiger partial charge is 0.435 e. The number of nitrogens with one attached hydrogen (secondary N) is 1. The number of primary amides is 1. The van der Waals surface area contributed by atoms with Crippen LogP contribution in [0.15, 0.2) is 18.2 Å². The first kappa shape index (κ1) is 19.4. The fraction of sp³-hybridized carbons (Fsp3) is 0.333. The minimum Gasteiger partial charge on any atom is -0.364 e. The number of aromatic nitrogens is 2. The second kappa shape index (κ2) is 6.99. The minimum atomic E-state index is -4.80. The van der Waals surface area contributed by atoms with Gasteiger partial charge in [0.2, 0.25) is 0 Å². The molecule has 1 aromatic heterocycles. The third-order valence-electron chi connectivity index (χ3n) is 4.39. The number of alkyl halides is 3. The Morgan fingerprint density at radius 3 is 2.57 bits per heavy atom. The molecule has 0 bridgehead atoms. The Labute approximate surface area is 157 Å². The Bertz CT molecular complexity index is 1000. The number of nitriles is 1. The molecule has 2 aromatic rings. The van der Waals surface area contributed by atoms with E-state index in [9.17, 15) is 28.0 Å². The zero-order valence-corrected chi connectivity index (χ0v) is 14.8. The van der Waals surface area contributed by atoms with Gasteiger partial charge in [0.25, 0.3) is 11.8 Å². The van der Waals surface area contributed by atoms with Crippen molar-refractivity contribution in [3.05, 3.63) is 46.3 Å². The highest BCUT2D eigenvalue weighted by molar-refractivity contribution is 6.00. The number of nitrogens with zero attached hydrogens (tertiary/aromatic N) is 3. The van der Waals surface area contributed by atoms with Gasteiger partial charge in [0, 0.05) is 12.6 Å². The average molecular weight is 391 g/mol. The molecule has 0 radical (unpaired) electrons. The second-order valence-electron chi connectivity index (χ2n) is 6.64. The van der Waals surface area contributed by atoms with Crippen LogP contribution in [0, 0.1) is 24.2 Å². The first-order valence-electron chi connectivity index (χ1n) is 8.42. The Kier molecular flexibility index (Phi) is 4.85. The molecule has 7 nitrogen and oxygen atoms in total. The molecule has 1 aliphatic rings. The first-order chi connectivity index (χ1) is 13.1. The van der Waals surface area contributed by atoms with Crippen molar-refractivity contribution in [2.75, 3.05) is 6.54 Å². The standard InChI is InChI=1S/C18H16F3N5O2/c1-9-4-11(7-22)5-12(17(28)24-8-10-2-3-10)15(9)26-13(16(23)27)6-14(25-26)18(19,20)21/h4-6,10H,2-3,8H2,1H3,(H2,23,27)(H,24,28). The molecule has 1 aliphatic carbocycles. The van der Waals surface area contributed by atoms with E-state index in [1.54, 1.807) is 0 Å². The molecular weight excluding hydrogens is 375 g/mol. The van der Waals surface area contributed by atoms with Crippen molar-refractivity contribution < 1.29 is 22.8 Å². The highest BCUT2D eigenvalue weighted by atomic mass is 19.4. The Hall–Kier alpha value is -3.35. The number of amides is 2. The third-order valence-corrected chi connectivity index (χ3v) is 4.39. The van der Waals surface area contributed by atoms with Crippen molar-refractivity contribution in [1.82, 2.24) is 15.1 Å². The predicted octanol–water partition coefficient (Wildman–Crippen LogP) is 2.31. The van der Waals surface area contributed by atoms with E-state index in [4.69, 9.17) is 5.73 Å². The average Bonchev–Trinajstić information content (AvgIpc) is 3.33. The minimum absolute atomic E-state index is 0.0309. The molecule has 28 heavy (non-hydrogen) atoms. The van der Waals surface area contributed by atoms with Gasteiger partial charge in [-0.2, -0.15) is 23.5 Å². The van der Waals surface area contributed by atoms with Crippen molar-refractivity contribution in [2.24, 2.45) is 11.7 Å². The molecule has 1 aromatic carbocycles. The molecule has 0 saturated heterocycles. The van der Waals surface area contributed by atoms with Gasteiger partial charge in [-0.15, -0.1) is 0 Å². The zero-order valence-electron chi connectivity index (χ0n) is 14.8.